The molecule has 1 aromatic carbocycles. The fourth-order valence-corrected chi connectivity index (χ4v) is 2.92. The summed E-state index contributed by atoms with van der Waals surface area (Å²) in [5.41, 5.74) is 9.95. The first-order valence-electron chi connectivity index (χ1n) is 6.34. The molecule has 0 spiro atoms. The average Bonchev–Trinajstić information content (AvgIpc) is 3.01. The van der Waals surface area contributed by atoms with Crippen LogP contribution in [0.25, 0.3) is 22.6 Å². The van der Waals surface area contributed by atoms with Crippen molar-refractivity contribution in [2.75, 3.05) is 0 Å². The van der Waals surface area contributed by atoms with Crippen LogP contribution in [0.15, 0.2) is 23.6 Å². The van der Waals surface area contributed by atoms with Crippen LogP contribution in [0.1, 0.15) is 17.5 Å². The second-order valence-corrected chi connectivity index (χ2v) is 5.45. The lowest BCUT2D eigenvalue weighted by atomic mass is 10.2. The zero-order chi connectivity index (χ0) is 13.4. The Morgan fingerprint density at radius 2 is 2.16 bits per heavy atom. The van der Waals surface area contributed by atoms with E-state index in [1.807, 2.05) is 5.38 Å². The van der Waals surface area contributed by atoms with Crippen LogP contribution in [0, 0.1) is 6.92 Å². The fourth-order valence-electron chi connectivity index (χ4n) is 2.26. The molecule has 0 bridgehead atoms. The fraction of sp³-hybridized carbons (Fsp3) is 0.286. The Labute approximate surface area is 115 Å². The SMILES string of the molecule is CCn1c(-c2csc(CN)n2)nc2cc(C)ccc21. The van der Waals surface area contributed by atoms with Gasteiger partial charge in [-0.15, -0.1) is 11.3 Å². The van der Waals surface area contributed by atoms with Crippen LogP contribution in [-0.2, 0) is 13.1 Å². The van der Waals surface area contributed by atoms with E-state index >= 15 is 0 Å². The number of benzene rings is 1. The van der Waals surface area contributed by atoms with Gasteiger partial charge in [0, 0.05) is 18.5 Å². The molecule has 5 heteroatoms. The Morgan fingerprint density at radius 3 is 2.84 bits per heavy atom. The van der Waals surface area contributed by atoms with E-state index in [-0.39, 0.29) is 0 Å². The van der Waals surface area contributed by atoms with Crippen molar-refractivity contribution in [1.29, 1.82) is 0 Å². The van der Waals surface area contributed by atoms with Crippen LogP contribution in [-0.4, -0.2) is 14.5 Å². The van der Waals surface area contributed by atoms with Gasteiger partial charge in [-0.2, -0.15) is 0 Å². The van der Waals surface area contributed by atoms with Gasteiger partial charge in [0.05, 0.1) is 11.0 Å². The molecule has 0 atom stereocenters. The highest BCUT2D eigenvalue weighted by molar-refractivity contribution is 7.09. The van der Waals surface area contributed by atoms with Gasteiger partial charge in [0.1, 0.15) is 10.7 Å². The molecule has 0 unspecified atom stereocenters. The Kier molecular flexibility index (Phi) is 3.08. The highest BCUT2D eigenvalue weighted by Gasteiger charge is 2.14. The number of rotatable bonds is 3. The Morgan fingerprint density at radius 1 is 1.32 bits per heavy atom. The smallest absolute Gasteiger partial charge is 0.160 e. The molecule has 3 aromatic rings. The maximum absolute atomic E-state index is 5.63. The van der Waals surface area contributed by atoms with E-state index in [1.54, 1.807) is 11.3 Å². The van der Waals surface area contributed by atoms with Crippen LogP contribution in [0.4, 0.5) is 0 Å². The third-order valence-electron chi connectivity index (χ3n) is 3.18. The number of aryl methyl sites for hydroxylation is 2. The van der Waals surface area contributed by atoms with Gasteiger partial charge in [-0.05, 0) is 31.5 Å². The minimum absolute atomic E-state index is 0.482. The molecule has 19 heavy (non-hydrogen) atoms. The van der Waals surface area contributed by atoms with Crippen molar-refractivity contribution in [2.24, 2.45) is 5.73 Å². The number of aromatic nitrogens is 3. The zero-order valence-corrected chi connectivity index (χ0v) is 11.9. The van der Waals surface area contributed by atoms with Gasteiger partial charge in [0.15, 0.2) is 5.82 Å². The zero-order valence-electron chi connectivity index (χ0n) is 11.1. The van der Waals surface area contributed by atoms with E-state index in [2.05, 4.69) is 41.6 Å². The summed E-state index contributed by atoms with van der Waals surface area (Å²) in [6.45, 7) is 5.57. The first-order valence-corrected chi connectivity index (χ1v) is 7.22. The van der Waals surface area contributed by atoms with E-state index in [0.717, 1.165) is 34.1 Å². The van der Waals surface area contributed by atoms with E-state index < -0.39 is 0 Å². The molecular formula is C14H16N4S. The Balaban J connectivity index is 2.22. The van der Waals surface area contributed by atoms with E-state index in [1.165, 1.54) is 5.56 Å². The summed E-state index contributed by atoms with van der Waals surface area (Å²) in [5.74, 6) is 0.930. The van der Waals surface area contributed by atoms with Crippen molar-refractivity contribution in [3.63, 3.8) is 0 Å². The molecule has 0 radical (unpaired) electrons. The monoisotopic (exact) mass is 272 g/mol. The second kappa shape index (κ2) is 4.75. The maximum atomic E-state index is 5.63. The van der Waals surface area contributed by atoms with Gasteiger partial charge >= 0.3 is 0 Å². The quantitative estimate of drug-likeness (QED) is 0.797. The average molecular weight is 272 g/mol. The van der Waals surface area contributed by atoms with Gasteiger partial charge in [-0.25, -0.2) is 9.97 Å². The van der Waals surface area contributed by atoms with Crippen molar-refractivity contribution < 1.29 is 0 Å². The summed E-state index contributed by atoms with van der Waals surface area (Å²) in [5, 5.41) is 2.98. The molecule has 2 heterocycles. The number of hydrogen-bond acceptors (Lipinski definition) is 4. The molecule has 0 aliphatic carbocycles. The van der Waals surface area contributed by atoms with Crippen molar-refractivity contribution >= 4 is 22.4 Å². The molecule has 4 nitrogen and oxygen atoms in total. The Hall–Kier alpha value is -1.72. The predicted octanol–water partition coefficient (Wildman–Crippen LogP) is 2.95. The van der Waals surface area contributed by atoms with E-state index in [0.29, 0.717) is 6.54 Å². The molecule has 0 aliphatic heterocycles. The summed E-state index contributed by atoms with van der Waals surface area (Å²) < 4.78 is 2.20. The predicted molar refractivity (Wildman–Crippen MR) is 79.1 cm³/mol. The van der Waals surface area contributed by atoms with Gasteiger partial charge in [0.2, 0.25) is 0 Å². The second-order valence-electron chi connectivity index (χ2n) is 4.50. The summed E-state index contributed by atoms with van der Waals surface area (Å²) >= 11 is 1.59. The van der Waals surface area contributed by atoms with Crippen LogP contribution < -0.4 is 5.73 Å². The molecule has 0 fully saturated rings. The number of thiazole rings is 1. The van der Waals surface area contributed by atoms with Gasteiger partial charge in [-0.3, -0.25) is 0 Å². The molecular weight excluding hydrogens is 256 g/mol. The minimum atomic E-state index is 0.482. The van der Waals surface area contributed by atoms with Crippen LogP contribution in [0.5, 0.6) is 0 Å². The third kappa shape index (κ3) is 2.05. The standard InChI is InChI=1S/C14H16N4S/c1-3-18-12-5-4-9(2)6-10(12)17-14(18)11-8-19-13(7-15)16-11/h4-6,8H,3,7,15H2,1-2H3. The molecule has 0 aliphatic rings. The Bertz CT molecular complexity index is 726. The number of imidazole rings is 1. The van der Waals surface area contributed by atoms with Crippen molar-refractivity contribution in [3.05, 3.63) is 34.2 Å². The first kappa shape index (κ1) is 12.3. The largest absolute Gasteiger partial charge is 0.325 e. The van der Waals surface area contributed by atoms with Crippen LogP contribution >= 0.6 is 11.3 Å². The number of nitrogens with two attached hydrogens (primary N) is 1. The lowest BCUT2D eigenvalue weighted by molar-refractivity contribution is 0.793. The minimum Gasteiger partial charge on any atom is -0.325 e. The number of fused-ring (bicyclic) bond motifs is 1. The van der Waals surface area contributed by atoms with E-state index in [4.69, 9.17) is 10.7 Å². The highest BCUT2D eigenvalue weighted by atomic mass is 32.1. The molecule has 3 rings (SSSR count). The van der Waals surface area contributed by atoms with Crippen molar-refractivity contribution in [3.8, 4) is 11.5 Å². The van der Waals surface area contributed by atoms with E-state index in [9.17, 15) is 0 Å². The van der Waals surface area contributed by atoms with Crippen molar-refractivity contribution in [1.82, 2.24) is 14.5 Å². The van der Waals surface area contributed by atoms with Crippen LogP contribution in [0.2, 0.25) is 0 Å². The topological polar surface area (TPSA) is 56.7 Å². The highest BCUT2D eigenvalue weighted by Crippen LogP contribution is 2.26. The molecule has 2 N–H and O–H groups in total. The van der Waals surface area contributed by atoms with Gasteiger partial charge in [-0.1, -0.05) is 6.07 Å². The normalized spacial score (nSPS) is 11.3. The maximum Gasteiger partial charge on any atom is 0.160 e. The van der Waals surface area contributed by atoms with Gasteiger partial charge in [0.25, 0.3) is 0 Å². The molecule has 2 aromatic heterocycles. The summed E-state index contributed by atoms with van der Waals surface area (Å²) in [4.78, 5) is 9.26. The third-order valence-corrected chi connectivity index (χ3v) is 4.05. The summed E-state index contributed by atoms with van der Waals surface area (Å²) in [6, 6.07) is 6.36. The van der Waals surface area contributed by atoms with Crippen LogP contribution in [0.3, 0.4) is 0 Å². The summed E-state index contributed by atoms with van der Waals surface area (Å²) in [7, 11) is 0. The lowest BCUT2D eigenvalue weighted by Gasteiger charge is -2.03. The number of hydrogen-bond donors (Lipinski definition) is 1. The molecule has 0 saturated carbocycles. The molecule has 0 saturated heterocycles. The molecule has 0 amide bonds. The van der Waals surface area contributed by atoms with Crippen molar-refractivity contribution in [2.45, 2.75) is 26.9 Å². The summed E-state index contributed by atoms with van der Waals surface area (Å²) in [6.07, 6.45) is 0. The first-order chi connectivity index (χ1) is 9.22. The van der Waals surface area contributed by atoms with Gasteiger partial charge < -0.3 is 10.3 Å². The molecule has 98 valence electrons. The number of nitrogens with zero attached hydrogens (tertiary/aromatic N) is 3. The lowest BCUT2D eigenvalue weighted by Crippen LogP contribution is -1.99.